The fourth-order valence-electron chi connectivity index (χ4n) is 4.41. The molecule has 9 nitrogen and oxygen atoms in total. The SMILES string of the molecule is COC(=O)C1=C(C)[N+](c2cccc(C(F)(F)F)c2)=C2N(CC(=O)N(C)C)C(=O)N2C1c1ccc(C#N)cc1. The summed E-state index contributed by atoms with van der Waals surface area (Å²) in [6.07, 6.45) is -4.64. The summed E-state index contributed by atoms with van der Waals surface area (Å²) in [7, 11) is 4.19. The Morgan fingerprint density at radius 2 is 1.82 bits per heavy atom. The van der Waals surface area contributed by atoms with E-state index in [-0.39, 0.29) is 29.5 Å². The number of likely N-dealkylation sites (N-methyl/N-ethyl adjacent to an activating group) is 1. The number of fused-ring (bicyclic) bond motifs is 1. The van der Waals surface area contributed by atoms with E-state index in [4.69, 9.17) is 4.74 Å². The molecule has 2 aromatic rings. The molecule has 2 aliphatic rings. The van der Waals surface area contributed by atoms with Gasteiger partial charge in [-0.1, -0.05) is 18.2 Å². The van der Waals surface area contributed by atoms with Crippen molar-refractivity contribution in [2.24, 2.45) is 0 Å². The molecular formula is C26H23F3N5O4+. The highest BCUT2D eigenvalue weighted by molar-refractivity contribution is 6.16. The van der Waals surface area contributed by atoms with Crippen molar-refractivity contribution in [3.63, 3.8) is 0 Å². The highest BCUT2D eigenvalue weighted by atomic mass is 19.4. The van der Waals surface area contributed by atoms with Crippen LogP contribution in [0.3, 0.4) is 0 Å². The number of benzene rings is 2. The first-order valence-electron chi connectivity index (χ1n) is 11.3. The van der Waals surface area contributed by atoms with Gasteiger partial charge in [0, 0.05) is 14.1 Å². The molecule has 0 bridgehead atoms. The molecule has 12 heteroatoms. The minimum Gasteiger partial charge on any atom is -0.465 e. The lowest BCUT2D eigenvalue weighted by atomic mass is 9.91. The van der Waals surface area contributed by atoms with E-state index in [0.29, 0.717) is 11.1 Å². The summed E-state index contributed by atoms with van der Waals surface area (Å²) in [5.74, 6) is -1.09. The van der Waals surface area contributed by atoms with Crippen molar-refractivity contribution in [1.82, 2.24) is 14.7 Å². The maximum atomic E-state index is 13.6. The number of amides is 3. The molecular weight excluding hydrogens is 503 g/mol. The maximum Gasteiger partial charge on any atom is 0.452 e. The van der Waals surface area contributed by atoms with E-state index in [1.54, 1.807) is 12.1 Å². The van der Waals surface area contributed by atoms with Crippen LogP contribution in [0.4, 0.5) is 23.7 Å². The standard InChI is InChI=1S/C26H23F3N5O4/c1-15-21(23(36)38-4)22(17-10-8-16(13-30)9-11-17)34-24(32(25(34)37)14-20(35)31(2)3)33(15)19-7-5-6-18(12-19)26(27,28)29/h5-12,22H,14H2,1-4H3/q+1. The van der Waals surface area contributed by atoms with Gasteiger partial charge in [0.05, 0.1) is 30.0 Å². The predicted octanol–water partition coefficient (Wildman–Crippen LogP) is 3.60. The molecule has 196 valence electrons. The molecule has 0 N–H and O–H groups in total. The number of urea groups is 1. The van der Waals surface area contributed by atoms with E-state index >= 15 is 0 Å². The summed E-state index contributed by atoms with van der Waals surface area (Å²) < 4.78 is 47.0. The molecule has 1 saturated heterocycles. The van der Waals surface area contributed by atoms with Gasteiger partial charge in [0.25, 0.3) is 5.91 Å². The van der Waals surface area contributed by atoms with E-state index in [9.17, 15) is 32.8 Å². The van der Waals surface area contributed by atoms with Crippen molar-refractivity contribution in [2.75, 3.05) is 27.7 Å². The average molecular weight is 526 g/mol. The van der Waals surface area contributed by atoms with E-state index < -0.39 is 35.7 Å². The molecule has 0 spiro atoms. The van der Waals surface area contributed by atoms with Gasteiger partial charge in [0.15, 0.2) is 6.54 Å². The molecule has 38 heavy (non-hydrogen) atoms. The molecule has 1 unspecified atom stereocenters. The van der Waals surface area contributed by atoms with Crippen LogP contribution in [0.2, 0.25) is 0 Å². The van der Waals surface area contributed by atoms with E-state index in [2.05, 4.69) is 0 Å². The topological polar surface area (TPSA) is 97.0 Å². The molecule has 3 amide bonds. The summed E-state index contributed by atoms with van der Waals surface area (Å²) in [4.78, 5) is 42.7. The number of carbonyl (C=O) groups is 3. The van der Waals surface area contributed by atoms with Crippen molar-refractivity contribution in [3.8, 4) is 6.07 Å². The lowest BCUT2D eigenvalue weighted by molar-refractivity contribution is -0.405. The van der Waals surface area contributed by atoms with Crippen molar-refractivity contribution < 1.29 is 36.9 Å². The third-order valence-corrected chi connectivity index (χ3v) is 6.34. The Morgan fingerprint density at radius 3 is 2.37 bits per heavy atom. The molecule has 2 heterocycles. The van der Waals surface area contributed by atoms with Crippen molar-refractivity contribution in [2.45, 2.75) is 19.1 Å². The van der Waals surface area contributed by atoms with Crippen molar-refractivity contribution in [1.29, 1.82) is 5.26 Å². The Morgan fingerprint density at radius 1 is 1.16 bits per heavy atom. The summed E-state index contributed by atoms with van der Waals surface area (Å²) >= 11 is 0. The van der Waals surface area contributed by atoms with Crippen LogP contribution in [-0.2, 0) is 20.5 Å². The number of esters is 1. The Hall–Kier alpha value is -4.66. The fraction of sp³-hybridized carbons (Fsp3) is 0.269. The van der Waals surface area contributed by atoms with E-state index in [0.717, 1.165) is 24.1 Å². The molecule has 0 aromatic heterocycles. The van der Waals surface area contributed by atoms with Crippen LogP contribution < -0.4 is 0 Å². The first-order valence-corrected chi connectivity index (χ1v) is 11.3. The number of carbonyl (C=O) groups excluding carboxylic acids is 3. The van der Waals surface area contributed by atoms with Gasteiger partial charge in [-0.25, -0.2) is 14.2 Å². The van der Waals surface area contributed by atoms with Crippen molar-refractivity contribution >= 4 is 29.6 Å². The highest BCUT2D eigenvalue weighted by Crippen LogP contribution is 2.43. The number of halogens is 3. The van der Waals surface area contributed by atoms with Crippen molar-refractivity contribution in [3.05, 3.63) is 76.5 Å². The Bertz CT molecular complexity index is 1440. The Labute approximate surface area is 216 Å². The molecule has 4 rings (SSSR count). The van der Waals surface area contributed by atoms with Gasteiger partial charge in [-0.2, -0.15) is 28.2 Å². The normalized spacial score (nSPS) is 17.1. The van der Waals surface area contributed by atoms with E-state index in [1.165, 1.54) is 59.7 Å². The number of allylic oxidation sites excluding steroid dienone is 1. The monoisotopic (exact) mass is 526 g/mol. The van der Waals surface area contributed by atoms with Crippen LogP contribution in [0.25, 0.3) is 0 Å². The number of nitrogens with zero attached hydrogens (tertiary/aromatic N) is 5. The second-order valence-electron chi connectivity index (χ2n) is 8.84. The Kier molecular flexibility index (Phi) is 6.71. The fourth-order valence-corrected chi connectivity index (χ4v) is 4.41. The third kappa shape index (κ3) is 4.36. The molecule has 2 aromatic carbocycles. The van der Waals surface area contributed by atoms with Gasteiger partial charge < -0.3 is 9.64 Å². The van der Waals surface area contributed by atoms with Crippen LogP contribution in [0.1, 0.15) is 29.7 Å². The summed E-state index contributed by atoms with van der Waals surface area (Å²) in [5.41, 5.74) is 0.166. The Balaban J connectivity index is 1.99. The third-order valence-electron chi connectivity index (χ3n) is 6.34. The first-order chi connectivity index (χ1) is 17.9. The largest absolute Gasteiger partial charge is 0.465 e. The molecule has 1 atom stereocenters. The maximum absolute atomic E-state index is 13.6. The molecule has 1 fully saturated rings. The number of hydrogen-bond donors (Lipinski definition) is 0. The van der Waals surface area contributed by atoms with Gasteiger partial charge in [-0.05, 0) is 42.8 Å². The van der Waals surface area contributed by atoms with Gasteiger partial charge >= 0.3 is 24.1 Å². The number of alkyl halides is 3. The zero-order valence-electron chi connectivity index (χ0n) is 20.9. The molecule has 0 saturated carbocycles. The number of guanidine groups is 1. The minimum absolute atomic E-state index is 0.0188. The van der Waals surface area contributed by atoms with Gasteiger partial charge in [0.2, 0.25) is 0 Å². The number of hydrogen-bond acceptors (Lipinski definition) is 5. The van der Waals surface area contributed by atoms with Crippen LogP contribution >= 0.6 is 0 Å². The molecule has 0 radical (unpaired) electrons. The highest BCUT2D eigenvalue weighted by Gasteiger charge is 2.62. The number of ether oxygens (including phenoxy) is 1. The summed E-state index contributed by atoms with van der Waals surface area (Å²) in [6, 6.07) is 11.0. The van der Waals surface area contributed by atoms with Crippen LogP contribution in [0.15, 0.2) is 59.8 Å². The number of methoxy groups -OCH3 is 1. The quantitative estimate of drug-likeness (QED) is 0.438. The lowest BCUT2D eigenvalue weighted by Crippen LogP contribution is -2.71. The summed E-state index contributed by atoms with van der Waals surface area (Å²) in [5, 5.41) is 9.18. The first kappa shape index (κ1) is 26.4. The van der Waals surface area contributed by atoms with Gasteiger partial charge in [-0.3, -0.25) is 4.79 Å². The zero-order chi connectivity index (χ0) is 27.9. The second kappa shape index (κ2) is 9.66. The average Bonchev–Trinajstić information content (AvgIpc) is 2.89. The smallest absolute Gasteiger partial charge is 0.452 e. The minimum atomic E-state index is -4.64. The lowest BCUT2D eigenvalue weighted by Gasteiger charge is -2.43. The van der Waals surface area contributed by atoms with Gasteiger partial charge in [0.1, 0.15) is 17.3 Å². The zero-order valence-corrected chi connectivity index (χ0v) is 20.9. The summed E-state index contributed by atoms with van der Waals surface area (Å²) in [6.45, 7) is 1.16. The number of nitriles is 1. The molecule has 2 aliphatic heterocycles. The van der Waals surface area contributed by atoms with Gasteiger partial charge in [-0.15, -0.1) is 0 Å². The second-order valence-corrected chi connectivity index (χ2v) is 8.84. The van der Waals surface area contributed by atoms with E-state index in [1.807, 2.05) is 6.07 Å². The molecule has 0 aliphatic carbocycles. The predicted molar refractivity (Wildman–Crippen MR) is 128 cm³/mol. The number of rotatable bonds is 5. The van der Waals surface area contributed by atoms with Crippen LogP contribution in [0.5, 0.6) is 0 Å². The van der Waals surface area contributed by atoms with Crippen LogP contribution in [-0.4, -0.2) is 70.9 Å². The van der Waals surface area contributed by atoms with Crippen LogP contribution in [0, 0.1) is 11.3 Å².